The van der Waals surface area contributed by atoms with Gasteiger partial charge in [0.2, 0.25) is 0 Å². The predicted molar refractivity (Wildman–Crippen MR) is 73.5 cm³/mol. The molecule has 18 heavy (non-hydrogen) atoms. The van der Waals surface area contributed by atoms with Crippen molar-refractivity contribution in [2.75, 3.05) is 33.7 Å². The largest absolute Gasteiger partial charge is 0.468 e. The number of rotatable bonds is 4. The van der Waals surface area contributed by atoms with Gasteiger partial charge in [0.25, 0.3) is 0 Å². The molecule has 1 aliphatic rings. The molecule has 2 heterocycles. The van der Waals surface area contributed by atoms with Gasteiger partial charge in [-0.1, -0.05) is 0 Å². The Hall–Kier alpha value is -0.840. The highest BCUT2D eigenvalue weighted by Gasteiger charge is 2.31. The zero-order chi connectivity index (χ0) is 13.2. The predicted octanol–water partition coefficient (Wildman–Crippen LogP) is 1.52. The molecule has 0 atom stereocenters. The zero-order valence-corrected chi connectivity index (χ0v) is 12.0. The molecule has 0 unspecified atom stereocenters. The topological polar surface area (TPSA) is 31.7 Å². The fraction of sp³-hybridized carbons (Fsp3) is 0.714. The third-order valence-electron chi connectivity index (χ3n) is 3.96. The molecular weight excluding hydrogens is 226 g/mol. The molecule has 0 bridgehead atoms. The fourth-order valence-corrected chi connectivity index (χ4v) is 2.54. The Kier molecular flexibility index (Phi) is 4.10. The minimum Gasteiger partial charge on any atom is -0.468 e. The molecule has 0 aliphatic carbocycles. The minimum atomic E-state index is 0.255. The monoisotopic (exact) mass is 251 g/mol. The highest BCUT2D eigenvalue weighted by molar-refractivity contribution is 5.17. The van der Waals surface area contributed by atoms with E-state index in [1.165, 1.54) is 5.56 Å². The number of nitrogens with one attached hydrogen (secondary N) is 1. The number of hydrogen-bond acceptors (Lipinski definition) is 4. The summed E-state index contributed by atoms with van der Waals surface area (Å²) < 4.78 is 5.52. The molecule has 1 saturated heterocycles. The first-order chi connectivity index (χ1) is 8.53. The number of hydrogen-bond donors (Lipinski definition) is 1. The van der Waals surface area contributed by atoms with Gasteiger partial charge in [-0.15, -0.1) is 0 Å². The van der Waals surface area contributed by atoms with E-state index in [2.05, 4.69) is 42.1 Å². The van der Waals surface area contributed by atoms with E-state index in [9.17, 15) is 0 Å². The molecule has 0 spiro atoms. The lowest BCUT2D eigenvalue weighted by Crippen LogP contribution is -2.57. The highest BCUT2D eigenvalue weighted by atomic mass is 16.3. The maximum atomic E-state index is 5.52. The molecule has 0 aromatic carbocycles. The van der Waals surface area contributed by atoms with Gasteiger partial charge in [-0.2, -0.15) is 0 Å². The Morgan fingerprint density at radius 2 is 2.17 bits per heavy atom. The highest BCUT2D eigenvalue weighted by Crippen LogP contribution is 2.21. The van der Waals surface area contributed by atoms with Crippen LogP contribution in [-0.4, -0.2) is 49.1 Å². The number of furan rings is 1. The molecule has 4 heteroatoms. The standard InChI is InChI=1S/C14H25N3O/c1-14(2)11-17(7-6-16(14)4)10-12-5-8-18-13(12)9-15-3/h5,8,15H,6-7,9-11H2,1-4H3. The van der Waals surface area contributed by atoms with Crippen molar-refractivity contribution in [1.29, 1.82) is 0 Å². The molecule has 0 saturated carbocycles. The first kappa shape index (κ1) is 13.6. The smallest absolute Gasteiger partial charge is 0.122 e. The summed E-state index contributed by atoms with van der Waals surface area (Å²) in [6.07, 6.45) is 1.79. The molecule has 1 N–H and O–H groups in total. The second kappa shape index (κ2) is 5.43. The van der Waals surface area contributed by atoms with Gasteiger partial charge in [0.15, 0.2) is 0 Å². The average molecular weight is 251 g/mol. The molecule has 1 aromatic rings. The molecule has 102 valence electrons. The van der Waals surface area contributed by atoms with Gasteiger partial charge in [-0.25, -0.2) is 0 Å². The maximum absolute atomic E-state index is 5.52. The van der Waals surface area contributed by atoms with Crippen molar-refractivity contribution in [3.8, 4) is 0 Å². The van der Waals surface area contributed by atoms with Crippen LogP contribution in [0.4, 0.5) is 0 Å². The van der Waals surface area contributed by atoms with Crippen LogP contribution in [0.3, 0.4) is 0 Å². The Balaban J connectivity index is 1.99. The summed E-state index contributed by atoms with van der Waals surface area (Å²) in [6.45, 7) is 9.78. The van der Waals surface area contributed by atoms with Crippen LogP contribution in [0.5, 0.6) is 0 Å². The van der Waals surface area contributed by atoms with Crippen LogP contribution in [0, 0.1) is 0 Å². The SMILES string of the molecule is CNCc1occc1CN1CCN(C)C(C)(C)C1. The Morgan fingerprint density at radius 1 is 1.39 bits per heavy atom. The van der Waals surface area contributed by atoms with Crippen LogP contribution in [0.1, 0.15) is 25.2 Å². The van der Waals surface area contributed by atoms with Gasteiger partial charge in [-0.05, 0) is 34.0 Å². The van der Waals surface area contributed by atoms with E-state index in [0.29, 0.717) is 0 Å². The summed E-state index contributed by atoms with van der Waals surface area (Å²) in [5.74, 6) is 1.06. The second-order valence-corrected chi connectivity index (χ2v) is 5.84. The lowest BCUT2D eigenvalue weighted by atomic mass is 9.99. The summed E-state index contributed by atoms with van der Waals surface area (Å²) in [7, 11) is 4.16. The molecule has 1 aliphatic heterocycles. The molecule has 1 aromatic heterocycles. The summed E-state index contributed by atoms with van der Waals surface area (Å²) in [5.41, 5.74) is 1.57. The minimum absolute atomic E-state index is 0.255. The lowest BCUT2D eigenvalue weighted by molar-refractivity contribution is 0.0357. The van der Waals surface area contributed by atoms with Crippen LogP contribution < -0.4 is 5.32 Å². The van der Waals surface area contributed by atoms with Crippen molar-refractivity contribution in [1.82, 2.24) is 15.1 Å². The van der Waals surface area contributed by atoms with E-state index < -0.39 is 0 Å². The lowest BCUT2D eigenvalue weighted by Gasteiger charge is -2.45. The maximum Gasteiger partial charge on any atom is 0.122 e. The van der Waals surface area contributed by atoms with E-state index in [1.54, 1.807) is 6.26 Å². The van der Waals surface area contributed by atoms with Gasteiger partial charge in [-0.3, -0.25) is 9.80 Å². The van der Waals surface area contributed by atoms with Crippen LogP contribution >= 0.6 is 0 Å². The normalized spacial score (nSPS) is 21.3. The molecule has 4 nitrogen and oxygen atoms in total. The van der Waals surface area contributed by atoms with Crippen molar-refractivity contribution in [2.24, 2.45) is 0 Å². The second-order valence-electron chi connectivity index (χ2n) is 5.84. The first-order valence-corrected chi connectivity index (χ1v) is 6.66. The van der Waals surface area contributed by atoms with Crippen LogP contribution in [-0.2, 0) is 13.1 Å². The zero-order valence-electron chi connectivity index (χ0n) is 12.0. The van der Waals surface area contributed by atoms with Gasteiger partial charge in [0.05, 0.1) is 12.8 Å². The van der Waals surface area contributed by atoms with Crippen LogP contribution in [0.15, 0.2) is 16.7 Å². The van der Waals surface area contributed by atoms with E-state index in [-0.39, 0.29) is 5.54 Å². The summed E-state index contributed by atoms with van der Waals surface area (Å²) >= 11 is 0. The third kappa shape index (κ3) is 2.94. The fourth-order valence-electron chi connectivity index (χ4n) is 2.54. The van der Waals surface area contributed by atoms with Gasteiger partial charge in [0.1, 0.15) is 5.76 Å². The summed E-state index contributed by atoms with van der Waals surface area (Å²) in [4.78, 5) is 4.96. The quantitative estimate of drug-likeness (QED) is 0.879. The molecule has 2 rings (SSSR count). The van der Waals surface area contributed by atoms with Crippen LogP contribution in [0.2, 0.25) is 0 Å². The van der Waals surface area contributed by atoms with Crippen molar-refractivity contribution < 1.29 is 4.42 Å². The third-order valence-corrected chi connectivity index (χ3v) is 3.96. The first-order valence-electron chi connectivity index (χ1n) is 6.66. The Morgan fingerprint density at radius 3 is 2.83 bits per heavy atom. The number of nitrogens with zero attached hydrogens (tertiary/aromatic N) is 2. The van der Waals surface area contributed by atoms with E-state index in [1.807, 2.05) is 7.05 Å². The van der Waals surface area contributed by atoms with E-state index in [0.717, 1.165) is 38.5 Å². The Bertz CT molecular complexity index is 386. The average Bonchev–Trinajstić information content (AvgIpc) is 2.72. The van der Waals surface area contributed by atoms with Crippen molar-refractivity contribution in [3.63, 3.8) is 0 Å². The number of piperazine rings is 1. The van der Waals surface area contributed by atoms with Crippen molar-refractivity contribution in [3.05, 3.63) is 23.7 Å². The summed E-state index contributed by atoms with van der Waals surface area (Å²) in [6, 6.07) is 2.10. The molecule has 0 amide bonds. The van der Waals surface area contributed by atoms with Crippen molar-refractivity contribution in [2.45, 2.75) is 32.5 Å². The Labute approximate surface area is 110 Å². The van der Waals surface area contributed by atoms with Crippen molar-refractivity contribution >= 4 is 0 Å². The van der Waals surface area contributed by atoms with E-state index in [4.69, 9.17) is 4.42 Å². The van der Waals surface area contributed by atoms with Crippen LogP contribution in [0.25, 0.3) is 0 Å². The molecular formula is C14H25N3O. The van der Waals surface area contributed by atoms with Gasteiger partial charge >= 0.3 is 0 Å². The molecule has 1 fully saturated rings. The number of likely N-dealkylation sites (N-methyl/N-ethyl adjacent to an activating group) is 1. The van der Waals surface area contributed by atoms with Gasteiger partial charge in [0, 0.05) is 37.3 Å². The molecule has 0 radical (unpaired) electrons. The van der Waals surface area contributed by atoms with Gasteiger partial charge < -0.3 is 9.73 Å². The van der Waals surface area contributed by atoms with E-state index >= 15 is 0 Å². The summed E-state index contributed by atoms with van der Waals surface area (Å²) in [5, 5.41) is 3.15.